The second kappa shape index (κ2) is 5.50. The minimum absolute atomic E-state index is 0.353. The minimum Gasteiger partial charge on any atom is -0.465 e. The van der Waals surface area contributed by atoms with Gasteiger partial charge in [0.1, 0.15) is 5.03 Å². The number of benzene rings is 1. The van der Waals surface area contributed by atoms with E-state index in [4.69, 9.17) is 5.73 Å². The standard InChI is InChI=1S/C12H11N3O2S/c1-17-12(16)9-6-8(2-3-10(9)13)18-11-7-14-4-5-15-11/h2-7H,13H2,1H3. The van der Waals surface area contributed by atoms with Gasteiger partial charge >= 0.3 is 5.97 Å². The lowest BCUT2D eigenvalue weighted by Crippen LogP contribution is -2.05. The summed E-state index contributed by atoms with van der Waals surface area (Å²) in [7, 11) is 1.32. The van der Waals surface area contributed by atoms with Crippen LogP contribution in [0.4, 0.5) is 5.69 Å². The van der Waals surface area contributed by atoms with Crippen molar-refractivity contribution in [2.24, 2.45) is 0 Å². The molecule has 1 aromatic carbocycles. The van der Waals surface area contributed by atoms with Crippen molar-refractivity contribution in [3.63, 3.8) is 0 Å². The van der Waals surface area contributed by atoms with Gasteiger partial charge in [0, 0.05) is 23.0 Å². The number of methoxy groups -OCH3 is 1. The molecule has 0 unspecified atom stereocenters. The molecule has 0 saturated carbocycles. The summed E-state index contributed by atoms with van der Waals surface area (Å²) in [5.41, 5.74) is 6.47. The molecule has 0 fully saturated rings. The normalized spacial score (nSPS) is 10.1. The number of carbonyl (C=O) groups is 1. The van der Waals surface area contributed by atoms with E-state index in [-0.39, 0.29) is 0 Å². The lowest BCUT2D eigenvalue weighted by molar-refractivity contribution is 0.0601. The number of hydrogen-bond donors (Lipinski definition) is 1. The molecule has 2 aromatic rings. The molecule has 92 valence electrons. The highest BCUT2D eigenvalue weighted by Gasteiger charge is 2.11. The molecule has 0 saturated heterocycles. The number of anilines is 1. The van der Waals surface area contributed by atoms with Gasteiger partial charge in [-0.2, -0.15) is 0 Å². The molecule has 18 heavy (non-hydrogen) atoms. The fourth-order valence-corrected chi connectivity index (χ4v) is 2.13. The van der Waals surface area contributed by atoms with Crippen LogP contribution in [0.1, 0.15) is 10.4 Å². The monoisotopic (exact) mass is 261 g/mol. The van der Waals surface area contributed by atoms with Crippen LogP contribution in [0.15, 0.2) is 46.7 Å². The summed E-state index contributed by atoms with van der Waals surface area (Å²) in [5, 5.41) is 0.748. The molecular weight excluding hydrogens is 250 g/mol. The number of hydrogen-bond acceptors (Lipinski definition) is 6. The number of nitrogen functional groups attached to an aromatic ring is 1. The average molecular weight is 261 g/mol. The Hall–Kier alpha value is -2.08. The summed E-state index contributed by atoms with van der Waals surface area (Å²) in [6.07, 6.45) is 4.87. The van der Waals surface area contributed by atoms with Crippen LogP contribution in [0.2, 0.25) is 0 Å². The van der Waals surface area contributed by atoms with Gasteiger partial charge in [0.15, 0.2) is 0 Å². The van der Waals surface area contributed by atoms with E-state index in [0.717, 1.165) is 9.92 Å². The second-order valence-electron chi connectivity index (χ2n) is 3.39. The van der Waals surface area contributed by atoms with Gasteiger partial charge in [-0.15, -0.1) is 0 Å². The van der Waals surface area contributed by atoms with Crippen LogP contribution in [-0.2, 0) is 4.74 Å². The van der Waals surface area contributed by atoms with Crippen molar-refractivity contribution in [3.05, 3.63) is 42.4 Å². The number of esters is 1. The Morgan fingerprint density at radius 3 is 2.89 bits per heavy atom. The van der Waals surface area contributed by atoms with E-state index in [1.165, 1.54) is 18.9 Å². The minimum atomic E-state index is -0.450. The van der Waals surface area contributed by atoms with Crippen molar-refractivity contribution in [2.75, 3.05) is 12.8 Å². The number of nitrogens with zero attached hydrogens (tertiary/aromatic N) is 2. The van der Waals surface area contributed by atoms with Crippen LogP contribution in [0.5, 0.6) is 0 Å². The van der Waals surface area contributed by atoms with Gasteiger partial charge < -0.3 is 10.5 Å². The fourth-order valence-electron chi connectivity index (χ4n) is 1.34. The van der Waals surface area contributed by atoms with Gasteiger partial charge in [0.05, 0.1) is 18.9 Å². The van der Waals surface area contributed by atoms with Crippen LogP contribution >= 0.6 is 11.8 Å². The van der Waals surface area contributed by atoms with Crippen molar-refractivity contribution < 1.29 is 9.53 Å². The largest absolute Gasteiger partial charge is 0.465 e. The maximum Gasteiger partial charge on any atom is 0.339 e. The van der Waals surface area contributed by atoms with E-state index < -0.39 is 5.97 Å². The molecule has 1 aromatic heterocycles. The molecule has 0 aliphatic carbocycles. The predicted octanol–water partition coefficient (Wildman–Crippen LogP) is 2.00. The molecular formula is C12H11N3O2S. The van der Waals surface area contributed by atoms with Crippen LogP contribution in [0.3, 0.4) is 0 Å². The Bertz CT molecular complexity index is 561. The van der Waals surface area contributed by atoms with Crippen LogP contribution in [-0.4, -0.2) is 23.0 Å². The molecule has 0 aliphatic heterocycles. The molecule has 0 spiro atoms. The van der Waals surface area contributed by atoms with Crippen LogP contribution in [0.25, 0.3) is 0 Å². The number of rotatable bonds is 3. The van der Waals surface area contributed by atoms with Crippen molar-refractivity contribution in [3.8, 4) is 0 Å². The molecule has 0 aliphatic rings. The van der Waals surface area contributed by atoms with Gasteiger partial charge in [0.2, 0.25) is 0 Å². The second-order valence-corrected chi connectivity index (χ2v) is 4.48. The number of nitrogens with two attached hydrogens (primary N) is 1. The van der Waals surface area contributed by atoms with Gasteiger partial charge in [-0.1, -0.05) is 11.8 Å². The lowest BCUT2D eigenvalue weighted by atomic mass is 10.2. The highest BCUT2D eigenvalue weighted by molar-refractivity contribution is 7.99. The Morgan fingerprint density at radius 2 is 2.22 bits per heavy atom. The maximum atomic E-state index is 11.5. The zero-order chi connectivity index (χ0) is 13.0. The first-order valence-electron chi connectivity index (χ1n) is 5.12. The zero-order valence-corrected chi connectivity index (χ0v) is 10.5. The van der Waals surface area contributed by atoms with E-state index in [1.807, 2.05) is 6.07 Å². The highest BCUT2D eigenvalue weighted by atomic mass is 32.2. The number of carbonyl (C=O) groups excluding carboxylic acids is 1. The summed E-state index contributed by atoms with van der Waals surface area (Å²) in [5.74, 6) is -0.450. The fraction of sp³-hybridized carbons (Fsp3) is 0.0833. The predicted molar refractivity (Wildman–Crippen MR) is 68.3 cm³/mol. The molecule has 0 atom stereocenters. The first-order chi connectivity index (χ1) is 8.70. The molecule has 2 rings (SSSR count). The van der Waals surface area contributed by atoms with Crippen LogP contribution in [0, 0.1) is 0 Å². The lowest BCUT2D eigenvalue weighted by Gasteiger charge is -2.06. The summed E-state index contributed by atoms with van der Waals surface area (Å²) in [6.45, 7) is 0. The highest BCUT2D eigenvalue weighted by Crippen LogP contribution is 2.28. The van der Waals surface area contributed by atoms with E-state index in [9.17, 15) is 4.79 Å². The number of aromatic nitrogens is 2. The summed E-state index contributed by atoms with van der Waals surface area (Å²) in [4.78, 5) is 20.5. The summed E-state index contributed by atoms with van der Waals surface area (Å²) >= 11 is 1.40. The zero-order valence-electron chi connectivity index (χ0n) is 9.66. The molecule has 5 nitrogen and oxygen atoms in total. The van der Waals surface area contributed by atoms with E-state index in [0.29, 0.717) is 11.3 Å². The van der Waals surface area contributed by atoms with Crippen molar-refractivity contribution in [2.45, 2.75) is 9.92 Å². The quantitative estimate of drug-likeness (QED) is 0.672. The van der Waals surface area contributed by atoms with E-state index >= 15 is 0 Å². The van der Waals surface area contributed by atoms with Crippen molar-refractivity contribution >= 4 is 23.4 Å². The smallest absolute Gasteiger partial charge is 0.339 e. The third-order valence-corrected chi connectivity index (χ3v) is 3.10. The third kappa shape index (κ3) is 2.78. The summed E-state index contributed by atoms with van der Waals surface area (Å²) in [6, 6.07) is 5.17. The van der Waals surface area contributed by atoms with Gasteiger partial charge in [-0.3, -0.25) is 4.98 Å². The Labute approximate surface area is 108 Å². The van der Waals surface area contributed by atoms with E-state index in [2.05, 4.69) is 14.7 Å². The van der Waals surface area contributed by atoms with Gasteiger partial charge in [-0.25, -0.2) is 9.78 Å². The first kappa shape index (κ1) is 12.4. The Balaban J connectivity index is 2.27. The molecule has 0 bridgehead atoms. The maximum absolute atomic E-state index is 11.5. The van der Waals surface area contributed by atoms with Gasteiger partial charge in [-0.05, 0) is 18.2 Å². The first-order valence-corrected chi connectivity index (χ1v) is 5.94. The molecule has 6 heteroatoms. The van der Waals surface area contributed by atoms with Crippen LogP contribution < -0.4 is 5.73 Å². The van der Waals surface area contributed by atoms with Gasteiger partial charge in [0.25, 0.3) is 0 Å². The third-order valence-electron chi connectivity index (χ3n) is 2.19. The Morgan fingerprint density at radius 1 is 1.39 bits per heavy atom. The van der Waals surface area contributed by atoms with Crippen molar-refractivity contribution in [1.29, 1.82) is 0 Å². The topological polar surface area (TPSA) is 78.1 Å². The Kier molecular flexibility index (Phi) is 3.78. The molecule has 0 amide bonds. The molecule has 2 N–H and O–H groups in total. The number of ether oxygens (including phenoxy) is 1. The molecule has 0 radical (unpaired) electrons. The van der Waals surface area contributed by atoms with E-state index in [1.54, 1.807) is 30.7 Å². The summed E-state index contributed by atoms with van der Waals surface area (Å²) < 4.78 is 4.67. The molecule has 1 heterocycles. The average Bonchev–Trinajstić information content (AvgIpc) is 2.41. The van der Waals surface area contributed by atoms with Crippen molar-refractivity contribution in [1.82, 2.24) is 9.97 Å². The SMILES string of the molecule is COC(=O)c1cc(Sc2cnccn2)ccc1N.